The second-order valence-corrected chi connectivity index (χ2v) is 10.7. The van der Waals surface area contributed by atoms with E-state index in [4.69, 9.17) is 16.0 Å². The van der Waals surface area contributed by atoms with Crippen molar-refractivity contribution in [3.8, 4) is 0 Å². The Morgan fingerprint density at radius 3 is 1.95 bits per heavy atom. The van der Waals surface area contributed by atoms with Crippen LogP contribution in [0.25, 0.3) is 4.85 Å². The molecular weight excluding hydrogens is 489 g/mol. The van der Waals surface area contributed by atoms with Gasteiger partial charge in [0.05, 0.1) is 6.57 Å². The average Bonchev–Trinajstić information content (AvgIpc) is 3.27. The summed E-state index contributed by atoms with van der Waals surface area (Å²) in [6.45, 7) is 14.8. The summed E-state index contributed by atoms with van der Waals surface area (Å²) < 4.78 is 27.2. The van der Waals surface area contributed by atoms with Gasteiger partial charge in [-0.15, -0.1) is 0 Å². The minimum Gasteiger partial charge on any atom is -0.343 e. The molecule has 1 saturated heterocycles. The Hall–Kier alpha value is -3.08. The molecule has 6 heteroatoms. The van der Waals surface area contributed by atoms with Crippen LogP contribution in [0, 0.1) is 12.4 Å². The van der Waals surface area contributed by atoms with E-state index in [-0.39, 0.29) is 30.0 Å². The van der Waals surface area contributed by atoms with E-state index >= 15 is 0 Å². The number of nitrogens with zero attached hydrogens (tertiary/aromatic N) is 1. The normalized spacial score (nSPS) is 19.9. The standard InChI is InChI=1S/C33H40FN3O2/c1-5-6-19-36-29(20-24-13-9-7-10-14-24)31-32(39-33(2,3)38-31)30(21-25-15-11-8-12-16-25)37-23-26-17-18-27(34)28(22-26)35-4/h7-18,22,29-32,36-37H,5-6,19-21,23H2,1-3H3/t29-,30-,31+,32+/m1/s1. The second-order valence-electron chi connectivity index (χ2n) is 10.7. The first-order chi connectivity index (χ1) is 18.9. The molecule has 0 spiro atoms. The topological polar surface area (TPSA) is 46.9 Å². The predicted molar refractivity (Wildman–Crippen MR) is 154 cm³/mol. The number of hydrogen-bond donors (Lipinski definition) is 2. The van der Waals surface area contributed by atoms with E-state index < -0.39 is 11.6 Å². The van der Waals surface area contributed by atoms with Gasteiger partial charge in [-0.1, -0.05) is 80.1 Å². The maximum Gasteiger partial charge on any atom is 0.222 e. The number of rotatable bonds is 13. The summed E-state index contributed by atoms with van der Waals surface area (Å²) >= 11 is 0. The molecule has 1 fully saturated rings. The summed E-state index contributed by atoms with van der Waals surface area (Å²) in [6, 6.07) is 25.6. The average molecular weight is 530 g/mol. The van der Waals surface area contributed by atoms with Crippen molar-refractivity contribution in [3.63, 3.8) is 0 Å². The lowest BCUT2D eigenvalue weighted by Gasteiger charge is -2.33. The van der Waals surface area contributed by atoms with Crippen molar-refractivity contribution in [2.75, 3.05) is 6.54 Å². The molecule has 2 N–H and O–H groups in total. The molecule has 0 amide bonds. The Kier molecular flexibility index (Phi) is 10.2. The lowest BCUT2D eigenvalue weighted by molar-refractivity contribution is -0.150. The molecule has 0 saturated carbocycles. The van der Waals surface area contributed by atoms with Gasteiger partial charge in [0.15, 0.2) is 5.79 Å². The monoisotopic (exact) mass is 529 g/mol. The molecule has 0 unspecified atom stereocenters. The molecule has 1 aliphatic rings. The number of benzene rings is 3. The Morgan fingerprint density at radius 1 is 0.846 bits per heavy atom. The summed E-state index contributed by atoms with van der Waals surface area (Å²) in [5.74, 6) is -1.23. The van der Waals surface area contributed by atoms with Gasteiger partial charge in [-0.3, -0.25) is 0 Å². The van der Waals surface area contributed by atoms with Crippen molar-refractivity contribution in [1.82, 2.24) is 10.6 Å². The first-order valence-electron chi connectivity index (χ1n) is 13.9. The van der Waals surface area contributed by atoms with Crippen LogP contribution in [-0.2, 0) is 28.9 Å². The zero-order valence-corrected chi connectivity index (χ0v) is 23.2. The van der Waals surface area contributed by atoms with Gasteiger partial charge < -0.3 is 20.1 Å². The quantitative estimate of drug-likeness (QED) is 0.194. The fourth-order valence-electron chi connectivity index (χ4n) is 5.25. The third-order valence-electron chi connectivity index (χ3n) is 7.19. The van der Waals surface area contributed by atoms with E-state index in [0.717, 1.165) is 37.8 Å². The molecule has 0 aromatic heterocycles. The molecule has 0 aliphatic carbocycles. The zero-order valence-electron chi connectivity index (χ0n) is 23.2. The number of unbranched alkanes of at least 4 members (excludes halogenated alkanes) is 1. The number of nitrogens with one attached hydrogen (secondary N) is 2. The highest BCUT2D eigenvalue weighted by atomic mass is 19.1. The summed E-state index contributed by atoms with van der Waals surface area (Å²) in [4.78, 5) is 3.33. The van der Waals surface area contributed by atoms with E-state index in [0.29, 0.717) is 6.54 Å². The van der Waals surface area contributed by atoms with Gasteiger partial charge in [-0.25, -0.2) is 9.24 Å². The maximum absolute atomic E-state index is 14.0. The Morgan fingerprint density at radius 2 is 1.41 bits per heavy atom. The van der Waals surface area contributed by atoms with Crippen molar-refractivity contribution in [2.24, 2.45) is 0 Å². The van der Waals surface area contributed by atoms with E-state index in [1.54, 1.807) is 12.1 Å². The fourth-order valence-corrected chi connectivity index (χ4v) is 5.25. The van der Waals surface area contributed by atoms with Gasteiger partial charge in [0.25, 0.3) is 0 Å². The smallest absolute Gasteiger partial charge is 0.222 e. The Bertz CT molecular complexity index is 1210. The van der Waals surface area contributed by atoms with Crippen LogP contribution in [0.4, 0.5) is 10.1 Å². The van der Waals surface area contributed by atoms with Crippen molar-refractivity contribution < 1.29 is 13.9 Å². The molecule has 0 radical (unpaired) electrons. The van der Waals surface area contributed by atoms with Crippen LogP contribution in [-0.4, -0.2) is 36.6 Å². The fraction of sp³-hybridized carbons (Fsp3) is 0.424. The molecule has 0 bridgehead atoms. The van der Waals surface area contributed by atoms with E-state index in [9.17, 15) is 4.39 Å². The van der Waals surface area contributed by atoms with Crippen LogP contribution in [0.3, 0.4) is 0 Å². The van der Waals surface area contributed by atoms with E-state index in [1.165, 1.54) is 17.2 Å². The van der Waals surface area contributed by atoms with Crippen LogP contribution in [0.5, 0.6) is 0 Å². The number of ether oxygens (including phenoxy) is 2. The van der Waals surface area contributed by atoms with Crippen LogP contribution in [0.15, 0.2) is 78.9 Å². The molecule has 4 atom stereocenters. The minimum atomic E-state index is -0.736. The van der Waals surface area contributed by atoms with Crippen molar-refractivity contribution in [2.45, 2.75) is 83.1 Å². The summed E-state index contributed by atoms with van der Waals surface area (Å²) in [6.07, 6.45) is 3.35. The maximum atomic E-state index is 14.0. The highest BCUT2D eigenvalue weighted by molar-refractivity contribution is 5.48. The van der Waals surface area contributed by atoms with Crippen LogP contribution in [0.1, 0.15) is 50.3 Å². The van der Waals surface area contributed by atoms with Crippen LogP contribution < -0.4 is 10.6 Å². The highest BCUT2D eigenvalue weighted by Gasteiger charge is 2.48. The Labute approximate surface area is 232 Å². The molecule has 4 rings (SSSR count). The summed E-state index contributed by atoms with van der Waals surface area (Å²) in [5.41, 5.74) is 3.35. The third-order valence-corrected chi connectivity index (χ3v) is 7.19. The van der Waals surface area contributed by atoms with Crippen molar-refractivity contribution in [1.29, 1.82) is 0 Å². The SMILES string of the molecule is [C-]#[N+]c1cc(CN[C@H](Cc2ccccc2)[C@@H]2OC(C)(C)O[C@H]2[C@@H](Cc2ccccc2)NCCCC)ccc1F. The zero-order chi connectivity index (χ0) is 27.7. The Balaban J connectivity index is 1.62. The molecule has 206 valence electrons. The predicted octanol–water partition coefficient (Wildman–Crippen LogP) is 6.60. The van der Waals surface area contributed by atoms with Crippen LogP contribution in [0.2, 0.25) is 0 Å². The molecule has 3 aromatic rings. The molecule has 1 aliphatic heterocycles. The van der Waals surface area contributed by atoms with Crippen LogP contribution >= 0.6 is 0 Å². The molecular formula is C33H40FN3O2. The van der Waals surface area contributed by atoms with Gasteiger partial charge in [0.2, 0.25) is 5.69 Å². The first kappa shape index (κ1) is 28.9. The van der Waals surface area contributed by atoms with Gasteiger partial charge in [0.1, 0.15) is 18.0 Å². The van der Waals surface area contributed by atoms with E-state index in [1.807, 2.05) is 38.1 Å². The number of hydrogen-bond acceptors (Lipinski definition) is 4. The first-order valence-corrected chi connectivity index (χ1v) is 13.9. The third kappa shape index (κ3) is 8.20. The minimum absolute atomic E-state index is 0.0384. The second kappa shape index (κ2) is 13.8. The molecule has 39 heavy (non-hydrogen) atoms. The lowest BCUT2D eigenvalue weighted by atomic mass is 9.91. The summed E-state index contributed by atoms with van der Waals surface area (Å²) in [7, 11) is 0. The molecule has 5 nitrogen and oxygen atoms in total. The largest absolute Gasteiger partial charge is 0.343 e. The number of halogens is 1. The van der Waals surface area contributed by atoms with Gasteiger partial charge in [-0.2, -0.15) is 0 Å². The van der Waals surface area contributed by atoms with Gasteiger partial charge >= 0.3 is 0 Å². The van der Waals surface area contributed by atoms with Gasteiger partial charge in [-0.05, 0) is 68.5 Å². The molecule has 1 heterocycles. The van der Waals surface area contributed by atoms with E-state index in [2.05, 4.69) is 58.8 Å². The van der Waals surface area contributed by atoms with Crippen molar-refractivity contribution in [3.05, 3.63) is 113 Å². The highest BCUT2D eigenvalue weighted by Crippen LogP contribution is 2.34. The summed E-state index contributed by atoms with van der Waals surface area (Å²) in [5, 5.41) is 7.48. The van der Waals surface area contributed by atoms with Gasteiger partial charge in [0, 0.05) is 18.6 Å². The molecule has 3 aromatic carbocycles. The van der Waals surface area contributed by atoms with Crippen molar-refractivity contribution >= 4 is 5.69 Å². The lowest BCUT2D eigenvalue weighted by Crippen LogP contribution is -2.54.